The van der Waals surface area contributed by atoms with Gasteiger partial charge in [0.15, 0.2) is 0 Å². The molecule has 0 heterocycles. The van der Waals surface area contributed by atoms with Crippen molar-refractivity contribution < 1.29 is 38.6 Å². The van der Waals surface area contributed by atoms with E-state index in [4.69, 9.17) is 4.74 Å². The number of nitrogens with zero attached hydrogens (tertiary/aromatic N) is 1. The minimum absolute atomic E-state index is 0.0267. The van der Waals surface area contributed by atoms with E-state index in [-0.39, 0.29) is 6.61 Å². The zero-order chi connectivity index (χ0) is 22.3. The van der Waals surface area contributed by atoms with E-state index in [0.29, 0.717) is 12.1 Å². The van der Waals surface area contributed by atoms with Crippen molar-refractivity contribution in [1.82, 2.24) is 5.32 Å². The highest BCUT2D eigenvalue weighted by Gasteiger charge is 2.29. The van der Waals surface area contributed by atoms with Crippen LogP contribution in [0.4, 0.5) is 14.9 Å². The van der Waals surface area contributed by atoms with Crippen molar-refractivity contribution in [3.8, 4) is 0 Å². The molecular formula is C19H19FN2O8. The number of esters is 1. The lowest BCUT2D eigenvalue weighted by Crippen LogP contribution is -2.36. The molecule has 0 fully saturated rings. The minimum Gasteiger partial charge on any atom is -0.465 e. The van der Waals surface area contributed by atoms with Gasteiger partial charge in [-0.2, -0.15) is 0 Å². The summed E-state index contributed by atoms with van der Waals surface area (Å²) in [6.45, 7) is -0.554. The summed E-state index contributed by atoms with van der Waals surface area (Å²) >= 11 is 0. The predicted octanol–water partition coefficient (Wildman–Crippen LogP) is 1.84. The van der Waals surface area contributed by atoms with Gasteiger partial charge in [-0.1, -0.05) is 30.3 Å². The zero-order valence-corrected chi connectivity index (χ0v) is 15.8. The quantitative estimate of drug-likeness (QED) is 0.332. The van der Waals surface area contributed by atoms with Crippen LogP contribution >= 0.6 is 0 Å². The van der Waals surface area contributed by atoms with Crippen LogP contribution in [0, 0.1) is 15.9 Å². The number of nitro benzene ring substituents is 1. The van der Waals surface area contributed by atoms with E-state index in [9.17, 15) is 34.3 Å². The van der Waals surface area contributed by atoms with Crippen molar-refractivity contribution in [2.75, 3.05) is 13.7 Å². The van der Waals surface area contributed by atoms with E-state index in [1.165, 1.54) is 0 Å². The summed E-state index contributed by atoms with van der Waals surface area (Å²) in [5, 5.41) is 33.6. The minimum atomic E-state index is -1.93. The number of aliphatic hydroxyl groups excluding tert-OH is 2. The van der Waals surface area contributed by atoms with Crippen LogP contribution in [-0.2, 0) is 16.1 Å². The monoisotopic (exact) mass is 422 g/mol. The second-order valence-electron chi connectivity index (χ2n) is 6.09. The Kier molecular flexibility index (Phi) is 7.78. The smallest absolute Gasteiger partial charge is 0.407 e. The largest absolute Gasteiger partial charge is 0.465 e. The van der Waals surface area contributed by atoms with Crippen LogP contribution in [0.25, 0.3) is 0 Å². The van der Waals surface area contributed by atoms with E-state index >= 15 is 0 Å². The molecule has 2 aromatic rings. The van der Waals surface area contributed by atoms with Gasteiger partial charge in [0, 0.05) is 18.2 Å². The number of aliphatic hydroxyl groups is 2. The third-order valence-corrected chi connectivity index (χ3v) is 4.07. The summed E-state index contributed by atoms with van der Waals surface area (Å²) in [7, 11) is 0.971. The van der Waals surface area contributed by atoms with Crippen LogP contribution in [0.1, 0.15) is 27.6 Å². The molecule has 0 aliphatic heterocycles. The number of rotatable bonds is 8. The highest BCUT2D eigenvalue weighted by atomic mass is 19.1. The molecule has 0 spiro atoms. The van der Waals surface area contributed by atoms with Crippen molar-refractivity contribution in [3.63, 3.8) is 0 Å². The number of nitro groups is 1. The Morgan fingerprint density at radius 3 is 2.50 bits per heavy atom. The van der Waals surface area contributed by atoms with Crippen LogP contribution in [-0.4, -0.2) is 47.0 Å². The average Bonchev–Trinajstić information content (AvgIpc) is 2.75. The first kappa shape index (κ1) is 22.7. The second-order valence-corrected chi connectivity index (χ2v) is 6.09. The number of amides is 1. The summed E-state index contributed by atoms with van der Waals surface area (Å²) < 4.78 is 23.6. The number of carbonyl (C=O) groups excluding carboxylic acids is 2. The molecule has 0 aliphatic rings. The van der Waals surface area contributed by atoms with Gasteiger partial charge in [0.2, 0.25) is 0 Å². The van der Waals surface area contributed by atoms with Crippen molar-refractivity contribution in [1.29, 1.82) is 0 Å². The number of hydrogen-bond acceptors (Lipinski definition) is 8. The number of hydrogen-bond donors (Lipinski definition) is 3. The zero-order valence-electron chi connectivity index (χ0n) is 15.8. The molecule has 11 heteroatoms. The van der Waals surface area contributed by atoms with E-state index in [1.54, 1.807) is 30.3 Å². The van der Waals surface area contributed by atoms with E-state index in [2.05, 4.69) is 10.1 Å². The maximum absolute atomic E-state index is 14.3. The highest BCUT2D eigenvalue weighted by Crippen LogP contribution is 2.29. The molecule has 30 heavy (non-hydrogen) atoms. The van der Waals surface area contributed by atoms with Gasteiger partial charge in [0.25, 0.3) is 5.69 Å². The average molecular weight is 422 g/mol. The number of nitrogens with one attached hydrogen (secondary N) is 1. The number of alkyl carbamates (subject to hydrolysis) is 1. The summed E-state index contributed by atoms with van der Waals surface area (Å²) in [4.78, 5) is 33.5. The molecule has 2 rings (SSSR count). The number of carbonyl (C=O) groups is 2. The second kappa shape index (κ2) is 10.3. The fourth-order valence-corrected chi connectivity index (χ4v) is 2.51. The van der Waals surface area contributed by atoms with Crippen LogP contribution < -0.4 is 5.32 Å². The molecule has 2 aromatic carbocycles. The maximum Gasteiger partial charge on any atom is 0.407 e. The number of halogens is 1. The van der Waals surface area contributed by atoms with Crippen molar-refractivity contribution in [2.24, 2.45) is 0 Å². The molecule has 160 valence electrons. The highest BCUT2D eigenvalue weighted by molar-refractivity contribution is 5.94. The van der Waals surface area contributed by atoms with Gasteiger partial charge >= 0.3 is 12.1 Å². The first-order valence-electron chi connectivity index (χ1n) is 8.61. The van der Waals surface area contributed by atoms with Crippen LogP contribution in [0.2, 0.25) is 0 Å². The van der Waals surface area contributed by atoms with Gasteiger partial charge in [-0.25, -0.2) is 14.0 Å². The standard InChI is InChI=1S/C19H19FN2O8/c1-29-18(25)13-7-14(20)12(8-15(13)22(27)28)17(24)16(23)9-21-19(26)30-10-11-5-3-2-4-6-11/h2-8,16-17,23-24H,9-10H2,1H3,(H,21,26). The van der Waals surface area contributed by atoms with Crippen LogP contribution in [0.15, 0.2) is 42.5 Å². The summed E-state index contributed by atoms with van der Waals surface area (Å²) in [6.07, 6.45) is -4.53. The molecule has 0 saturated heterocycles. The van der Waals surface area contributed by atoms with Gasteiger partial charge in [-0.15, -0.1) is 0 Å². The fraction of sp³-hybridized carbons (Fsp3) is 0.263. The Labute approximate surface area is 170 Å². The van der Waals surface area contributed by atoms with Gasteiger partial charge in [0.05, 0.1) is 12.0 Å². The molecule has 0 aliphatic carbocycles. The molecular weight excluding hydrogens is 403 g/mol. The number of ether oxygens (including phenoxy) is 2. The third-order valence-electron chi connectivity index (χ3n) is 4.07. The molecule has 1 amide bonds. The van der Waals surface area contributed by atoms with Gasteiger partial charge in [-0.3, -0.25) is 10.1 Å². The Bertz CT molecular complexity index is 922. The summed E-state index contributed by atoms with van der Waals surface area (Å²) in [6, 6.07) is 9.95. The Balaban J connectivity index is 2.03. The fourth-order valence-electron chi connectivity index (χ4n) is 2.51. The van der Waals surface area contributed by atoms with Crippen molar-refractivity contribution >= 4 is 17.7 Å². The maximum atomic E-state index is 14.3. The summed E-state index contributed by atoms with van der Waals surface area (Å²) in [5.41, 5.74) is -1.34. The topological polar surface area (TPSA) is 148 Å². The number of benzene rings is 2. The lowest BCUT2D eigenvalue weighted by Gasteiger charge is -2.19. The lowest BCUT2D eigenvalue weighted by molar-refractivity contribution is -0.385. The molecule has 0 aromatic heterocycles. The molecule has 2 atom stereocenters. The molecule has 0 bridgehead atoms. The molecule has 2 unspecified atom stereocenters. The lowest BCUT2D eigenvalue weighted by atomic mass is 10.00. The Morgan fingerprint density at radius 1 is 1.23 bits per heavy atom. The van der Waals surface area contributed by atoms with Gasteiger partial charge < -0.3 is 25.0 Å². The Morgan fingerprint density at radius 2 is 1.90 bits per heavy atom. The first-order chi connectivity index (χ1) is 14.2. The van der Waals surface area contributed by atoms with E-state index in [1.807, 2.05) is 0 Å². The summed E-state index contributed by atoms with van der Waals surface area (Å²) in [5.74, 6) is -2.30. The van der Waals surface area contributed by atoms with Crippen molar-refractivity contribution in [2.45, 2.75) is 18.8 Å². The molecule has 0 radical (unpaired) electrons. The van der Waals surface area contributed by atoms with Crippen molar-refractivity contribution in [3.05, 3.63) is 75.1 Å². The van der Waals surface area contributed by atoms with E-state index < -0.39 is 58.4 Å². The van der Waals surface area contributed by atoms with Gasteiger partial charge in [-0.05, 0) is 11.6 Å². The predicted molar refractivity (Wildman–Crippen MR) is 100.0 cm³/mol. The SMILES string of the molecule is COC(=O)c1cc(F)c(C(O)C(O)CNC(=O)OCc2ccccc2)cc1[N+](=O)[O-]. The first-order valence-corrected chi connectivity index (χ1v) is 8.61. The molecule has 10 nitrogen and oxygen atoms in total. The Hall–Kier alpha value is -3.57. The van der Waals surface area contributed by atoms with Gasteiger partial charge in [0.1, 0.15) is 30.2 Å². The van der Waals surface area contributed by atoms with E-state index in [0.717, 1.165) is 12.7 Å². The normalized spacial score (nSPS) is 12.5. The molecule has 3 N–H and O–H groups in total. The van der Waals surface area contributed by atoms with Crippen LogP contribution in [0.5, 0.6) is 0 Å². The number of methoxy groups -OCH3 is 1. The molecule has 0 saturated carbocycles. The van der Waals surface area contributed by atoms with Crippen LogP contribution in [0.3, 0.4) is 0 Å². The third kappa shape index (κ3) is 5.72.